The lowest BCUT2D eigenvalue weighted by Crippen LogP contribution is -2.53. The van der Waals surface area contributed by atoms with E-state index in [1.165, 1.54) is 0 Å². The van der Waals surface area contributed by atoms with E-state index >= 15 is 0 Å². The standard InChI is InChI=1S/C12H22N4S3/c1-11(2)4-7(15-9(13)18)5-12(3,6-11)8(17)16-10(14)19/h7H,4-6H2,1-3H3,(H3,13,15,18)(H3,14,16,17,19). The van der Waals surface area contributed by atoms with Crippen molar-refractivity contribution in [2.75, 3.05) is 0 Å². The van der Waals surface area contributed by atoms with Crippen LogP contribution in [0.4, 0.5) is 0 Å². The molecule has 0 bridgehead atoms. The Morgan fingerprint density at radius 3 is 2.11 bits per heavy atom. The molecule has 1 rings (SSSR count). The van der Waals surface area contributed by atoms with Crippen molar-refractivity contribution in [3.8, 4) is 0 Å². The fourth-order valence-corrected chi connectivity index (χ4v) is 3.82. The van der Waals surface area contributed by atoms with E-state index in [2.05, 4.69) is 31.4 Å². The van der Waals surface area contributed by atoms with Crippen LogP contribution in [0.25, 0.3) is 0 Å². The van der Waals surface area contributed by atoms with E-state index in [-0.39, 0.29) is 22.0 Å². The summed E-state index contributed by atoms with van der Waals surface area (Å²) in [5.74, 6) is 0. The van der Waals surface area contributed by atoms with E-state index in [0.717, 1.165) is 19.3 Å². The van der Waals surface area contributed by atoms with Crippen LogP contribution in [0.15, 0.2) is 0 Å². The van der Waals surface area contributed by atoms with Gasteiger partial charge in [0.1, 0.15) is 0 Å². The van der Waals surface area contributed by atoms with Gasteiger partial charge in [0, 0.05) is 11.5 Å². The van der Waals surface area contributed by atoms with Crippen LogP contribution in [0, 0.1) is 10.8 Å². The van der Waals surface area contributed by atoms with Gasteiger partial charge >= 0.3 is 0 Å². The summed E-state index contributed by atoms with van der Waals surface area (Å²) in [4.78, 5) is 0.697. The van der Waals surface area contributed by atoms with Crippen molar-refractivity contribution in [2.45, 2.75) is 46.1 Å². The maximum Gasteiger partial charge on any atom is 0.168 e. The molecule has 0 amide bonds. The van der Waals surface area contributed by atoms with Crippen LogP contribution in [-0.2, 0) is 0 Å². The summed E-state index contributed by atoms with van der Waals surface area (Å²) in [6.45, 7) is 6.58. The average Bonchev–Trinajstić information content (AvgIpc) is 2.11. The molecule has 1 aliphatic rings. The van der Waals surface area contributed by atoms with Crippen molar-refractivity contribution in [1.29, 1.82) is 0 Å². The summed E-state index contributed by atoms with van der Waals surface area (Å²) in [5.41, 5.74) is 11.1. The quantitative estimate of drug-likeness (QED) is 0.576. The zero-order chi connectivity index (χ0) is 14.8. The zero-order valence-electron chi connectivity index (χ0n) is 11.6. The molecule has 7 heteroatoms. The summed E-state index contributed by atoms with van der Waals surface area (Å²) < 4.78 is 0. The highest BCUT2D eigenvalue weighted by molar-refractivity contribution is 7.82. The van der Waals surface area contributed by atoms with Crippen molar-refractivity contribution in [2.24, 2.45) is 22.3 Å². The van der Waals surface area contributed by atoms with Gasteiger partial charge < -0.3 is 22.1 Å². The molecule has 4 nitrogen and oxygen atoms in total. The van der Waals surface area contributed by atoms with E-state index in [4.69, 9.17) is 48.1 Å². The number of rotatable bonds is 2. The molecule has 0 aromatic heterocycles. The molecule has 1 saturated carbocycles. The van der Waals surface area contributed by atoms with Crippen molar-refractivity contribution in [1.82, 2.24) is 10.6 Å². The fourth-order valence-electron chi connectivity index (χ4n) is 3.22. The van der Waals surface area contributed by atoms with Crippen LogP contribution in [0.1, 0.15) is 40.0 Å². The Balaban J connectivity index is 2.89. The van der Waals surface area contributed by atoms with E-state index in [1.54, 1.807) is 0 Å². The molecule has 1 aliphatic carbocycles. The summed E-state index contributed by atoms with van der Waals surface area (Å²) in [7, 11) is 0. The van der Waals surface area contributed by atoms with Gasteiger partial charge in [-0.15, -0.1) is 0 Å². The monoisotopic (exact) mass is 318 g/mol. The highest BCUT2D eigenvalue weighted by atomic mass is 32.1. The van der Waals surface area contributed by atoms with Crippen molar-refractivity contribution >= 4 is 51.9 Å². The minimum Gasteiger partial charge on any atom is -0.376 e. The molecule has 0 radical (unpaired) electrons. The Labute approximate surface area is 131 Å². The first-order valence-electron chi connectivity index (χ1n) is 6.21. The Bertz CT molecular complexity index is 408. The Hall–Kier alpha value is -0.530. The first-order chi connectivity index (χ1) is 8.54. The average molecular weight is 319 g/mol. The van der Waals surface area contributed by atoms with E-state index in [9.17, 15) is 0 Å². The van der Waals surface area contributed by atoms with Crippen LogP contribution in [0.5, 0.6) is 0 Å². The summed E-state index contributed by atoms with van der Waals surface area (Å²) in [6, 6.07) is 0.220. The highest BCUT2D eigenvalue weighted by Gasteiger charge is 2.44. The minimum atomic E-state index is -0.164. The van der Waals surface area contributed by atoms with Crippen LogP contribution in [-0.4, -0.2) is 21.3 Å². The zero-order valence-corrected chi connectivity index (χ0v) is 14.0. The molecule has 0 aromatic rings. The highest BCUT2D eigenvalue weighted by Crippen LogP contribution is 2.46. The number of hydrogen-bond donors (Lipinski definition) is 4. The third-order valence-corrected chi connectivity index (χ3v) is 4.31. The maximum absolute atomic E-state index is 5.59. The predicted octanol–water partition coefficient (Wildman–Crippen LogP) is 1.57. The van der Waals surface area contributed by atoms with E-state index in [0.29, 0.717) is 10.1 Å². The van der Waals surface area contributed by atoms with Gasteiger partial charge in [-0.05, 0) is 49.1 Å². The maximum atomic E-state index is 5.59. The molecule has 19 heavy (non-hydrogen) atoms. The number of thiocarbonyl (C=S) groups is 3. The lowest BCUT2D eigenvalue weighted by molar-refractivity contribution is 0.127. The smallest absolute Gasteiger partial charge is 0.168 e. The van der Waals surface area contributed by atoms with Crippen LogP contribution in [0.3, 0.4) is 0 Å². The summed E-state index contributed by atoms with van der Waals surface area (Å²) >= 11 is 15.3. The Morgan fingerprint density at radius 1 is 1.05 bits per heavy atom. The predicted molar refractivity (Wildman–Crippen MR) is 92.0 cm³/mol. The molecule has 0 aromatic carbocycles. The number of nitrogens with one attached hydrogen (secondary N) is 2. The first-order valence-corrected chi connectivity index (χ1v) is 7.43. The molecular formula is C12H22N4S3. The molecule has 2 unspecified atom stereocenters. The second-order valence-electron chi connectivity index (χ2n) is 6.33. The SMILES string of the molecule is CC1(C)CC(NC(N)=S)CC(C)(C(=S)NC(N)=S)C1. The van der Waals surface area contributed by atoms with Gasteiger partial charge in [0.15, 0.2) is 10.2 Å². The van der Waals surface area contributed by atoms with Crippen LogP contribution in [0.2, 0.25) is 0 Å². The largest absolute Gasteiger partial charge is 0.376 e. The van der Waals surface area contributed by atoms with E-state index < -0.39 is 0 Å². The Morgan fingerprint density at radius 2 is 1.63 bits per heavy atom. The molecule has 0 saturated heterocycles. The van der Waals surface area contributed by atoms with Gasteiger partial charge in [-0.2, -0.15) is 0 Å². The van der Waals surface area contributed by atoms with Crippen molar-refractivity contribution in [3.05, 3.63) is 0 Å². The molecular weight excluding hydrogens is 296 g/mol. The van der Waals surface area contributed by atoms with Crippen LogP contribution < -0.4 is 22.1 Å². The topological polar surface area (TPSA) is 76.1 Å². The van der Waals surface area contributed by atoms with E-state index in [1.807, 2.05) is 0 Å². The molecule has 2 atom stereocenters. The van der Waals surface area contributed by atoms with Crippen LogP contribution >= 0.6 is 36.7 Å². The second kappa shape index (κ2) is 5.85. The molecule has 108 valence electrons. The van der Waals surface area contributed by atoms with Crippen molar-refractivity contribution < 1.29 is 0 Å². The molecule has 6 N–H and O–H groups in total. The van der Waals surface area contributed by atoms with Gasteiger partial charge in [0.05, 0.1) is 4.99 Å². The van der Waals surface area contributed by atoms with Gasteiger partial charge in [-0.25, -0.2) is 0 Å². The molecule has 0 aliphatic heterocycles. The lowest BCUT2D eigenvalue weighted by atomic mass is 9.62. The van der Waals surface area contributed by atoms with Gasteiger partial charge in [0.2, 0.25) is 0 Å². The first kappa shape index (κ1) is 16.5. The third-order valence-electron chi connectivity index (χ3n) is 3.50. The van der Waals surface area contributed by atoms with Crippen molar-refractivity contribution in [3.63, 3.8) is 0 Å². The Kier molecular flexibility index (Phi) is 5.08. The number of hydrogen-bond acceptors (Lipinski definition) is 3. The van der Waals surface area contributed by atoms with Gasteiger partial charge in [-0.3, -0.25) is 0 Å². The van der Waals surface area contributed by atoms with Gasteiger partial charge in [-0.1, -0.05) is 33.0 Å². The fraction of sp³-hybridized carbons (Fsp3) is 0.750. The summed E-state index contributed by atoms with van der Waals surface area (Å²) in [5, 5.41) is 6.62. The molecule has 0 heterocycles. The second-order valence-corrected chi connectivity index (χ2v) is 7.62. The molecule has 0 spiro atoms. The number of nitrogens with two attached hydrogens (primary N) is 2. The normalized spacial score (nSPS) is 29.3. The third kappa shape index (κ3) is 4.81. The lowest BCUT2D eigenvalue weighted by Gasteiger charge is -2.47. The molecule has 1 fully saturated rings. The van der Waals surface area contributed by atoms with Gasteiger partial charge in [0.25, 0.3) is 0 Å². The summed E-state index contributed by atoms with van der Waals surface area (Å²) in [6.07, 6.45) is 2.85. The minimum absolute atomic E-state index is 0.150.